The van der Waals surface area contributed by atoms with Crippen LogP contribution >= 0.6 is 20.4 Å². The maximum Gasteiger partial charge on any atom is 0.0158 e. The van der Waals surface area contributed by atoms with E-state index in [1.165, 1.54) is 0 Å². The van der Waals surface area contributed by atoms with E-state index < -0.39 is 0 Å². The Morgan fingerprint density at radius 2 is 1.78 bits per heavy atom. The van der Waals surface area contributed by atoms with Crippen LogP contribution in [0.15, 0.2) is 35.2 Å². The van der Waals surface area contributed by atoms with Crippen molar-refractivity contribution in [3.05, 3.63) is 30.3 Å². The molecule has 0 heterocycles. The average Bonchev–Trinajstić information content (AvgIpc) is 1.90. The Labute approximate surface area is 61.9 Å². The predicted octanol–water partition coefficient (Wildman–Crippen LogP) is 2.90. The van der Waals surface area contributed by atoms with Crippen molar-refractivity contribution in [1.29, 1.82) is 0 Å². The van der Waals surface area contributed by atoms with Crippen LogP contribution < -0.4 is 0 Å². The summed E-state index contributed by atoms with van der Waals surface area (Å²) in [5, 5.41) is 0. The summed E-state index contributed by atoms with van der Waals surface area (Å²) in [4.78, 5) is 1.10. The molecule has 0 N–H and O–H groups in total. The van der Waals surface area contributed by atoms with Crippen molar-refractivity contribution < 1.29 is 0 Å². The first-order valence-electron chi connectivity index (χ1n) is 2.56. The van der Waals surface area contributed by atoms with Gasteiger partial charge in [0.05, 0.1) is 0 Å². The highest BCUT2D eigenvalue weighted by molar-refractivity contribution is 8.33. The van der Waals surface area contributed by atoms with Gasteiger partial charge in [-0.1, -0.05) is 33.8 Å². The molecule has 1 aromatic carbocycles. The molecule has 0 saturated carbocycles. The molecular weight excluding hydrogens is 152 g/mol. The third-order valence-electron chi connectivity index (χ3n) is 0.999. The molecule has 0 saturated heterocycles. The van der Waals surface area contributed by atoms with Gasteiger partial charge >= 0.3 is 0 Å². The van der Waals surface area contributed by atoms with Crippen LogP contribution in [0.3, 0.4) is 0 Å². The molecule has 1 atom stereocenters. The standard InChI is InChI=1S/C7H7ClS/c1-9(8)7-5-3-2-4-6-7/h2-6H,1H2. The van der Waals surface area contributed by atoms with Crippen molar-refractivity contribution in [2.24, 2.45) is 0 Å². The van der Waals surface area contributed by atoms with E-state index in [0.29, 0.717) is 0 Å². The molecule has 0 amide bonds. The van der Waals surface area contributed by atoms with Gasteiger partial charge in [0, 0.05) is 4.90 Å². The van der Waals surface area contributed by atoms with Gasteiger partial charge < -0.3 is 0 Å². The summed E-state index contributed by atoms with van der Waals surface area (Å²) < 4.78 is 0. The monoisotopic (exact) mass is 158 g/mol. The molecular formula is C7H7ClS. The Hall–Kier alpha value is -0.270. The highest BCUT2D eigenvalue weighted by Crippen LogP contribution is 2.27. The lowest BCUT2D eigenvalue weighted by Gasteiger charge is -1.93. The molecule has 2 heteroatoms. The van der Waals surface area contributed by atoms with E-state index >= 15 is 0 Å². The first kappa shape index (κ1) is 6.84. The summed E-state index contributed by atoms with van der Waals surface area (Å²) in [7, 11) is 5.36. The second-order valence-corrected chi connectivity index (χ2v) is 3.89. The van der Waals surface area contributed by atoms with Crippen LogP contribution in [0.5, 0.6) is 0 Å². The van der Waals surface area contributed by atoms with E-state index in [-0.39, 0.29) is 9.70 Å². The quantitative estimate of drug-likeness (QED) is 0.552. The lowest BCUT2D eigenvalue weighted by Crippen LogP contribution is -1.63. The van der Waals surface area contributed by atoms with Crippen molar-refractivity contribution in [3.8, 4) is 0 Å². The summed E-state index contributed by atoms with van der Waals surface area (Å²) >= 11 is 0. The van der Waals surface area contributed by atoms with Gasteiger partial charge in [-0.25, -0.2) is 0 Å². The zero-order valence-corrected chi connectivity index (χ0v) is 6.45. The molecule has 1 rings (SSSR count). The number of benzene rings is 1. The zero-order valence-electron chi connectivity index (χ0n) is 4.88. The fourth-order valence-electron chi connectivity index (χ4n) is 0.568. The molecule has 0 nitrogen and oxygen atoms in total. The highest BCUT2D eigenvalue weighted by atomic mass is 35.7. The van der Waals surface area contributed by atoms with E-state index in [4.69, 9.17) is 10.7 Å². The lowest BCUT2D eigenvalue weighted by atomic mass is 10.4. The van der Waals surface area contributed by atoms with E-state index in [2.05, 4.69) is 5.87 Å². The number of halogens is 1. The average molecular weight is 159 g/mol. The molecule has 0 fully saturated rings. The van der Waals surface area contributed by atoms with E-state index in [1.54, 1.807) is 0 Å². The molecule has 0 aliphatic rings. The topological polar surface area (TPSA) is 0 Å². The van der Waals surface area contributed by atoms with Gasteiger partial charge in [0.2, 0.25) is 0 Å². The summed E-state index contributed by atoms with van der Waals surface area (Å²) in [5.41, 5.74) is 0. The molecule has 0 bridgehead atoms. The minimum atomic E-state index is -0.357. The third-order valence-corrected chi connectivity index (χ3v) is 2.32. The summed E-state index contributed by atoms with van der Waals surface area (Å²) in [6, 6.07) is 9.84. The van der Waals surface area contributed by atoms with Crippen LogP contribution in [0, 0.1) is 0 Å². The zero-order chi connectivity index (χ0) is 6.69. The fraction of sp³-hybridized carbons (Fsp3) is 0. The van der Waals surface area contributed by atoms with Gasteiger partial charge in [0.1, 0.15) is 0 Å². The Bertz CT molecular complexity index is 205. The highest BCUT2D eigenvalue weighted by Gasteiger charge is 1.87. The SMILES string of the molecule is C=S(Cl)c1ccccc1. The fourth-order valence-corrected chi connectivity index (χ4v) is 1.33. The third kappa shape index (κ3) is 1.84. The molecule has 48 valence electrons. The Balaban J connectivity index is 2.98. The van der Waals surface area contributed by atoms with Gasteiger partial charge in [0.25, 0.3) is 0 Å². The molecule has 0 aliphatic heterocycles. The van der Waals surface area contributed by atoms with Gasteiger partial charge in [-0.05, 0) is 22.8 Å². The van der Waals surface area contributed by atoms with Crippen LogP contribution in [0.4, 0.5) is 0 Å². The second-order valence-electron chi connectivity index (χ2n) is 1.64. The Kier molecular flexibility index (Phi) is 2.31. The smallest absolute Gasteiger partial charge is 0.0158 e. The molecule has 0 aliphatic carbocycles. The van der Waals surface area contributed by atoms with Crippen LogP contribution in [-0.4, -0.2) is 5.87 Å². The minimum absolute atomic E-state index is 0.357. The van der Waals surface area contributed by atoms with Gasteiger partial charge in [-0.3, -0.25) is 0 Å². The lowest BCUT2D eigenvalue weighted by molar-refractivity contribution is 1.48. The van der Waals surface area contributed by atoms with Crippen LogP contribution in [-0.2, 0) is 0 Å². The largest absolute Gasteiger partial charge is 0.0703 e. The van der Waals surface area contributed by atoms with Crippen molar-refractivity contribution in [2.45, 2.75) is 4.90 Å². The number of rotatable bonds is 1. The normalized spacial score (nSPS) is 13.0. The van der Waals surface area contributed by atoms with Crippen LogP contribution in [0.2, 0.25) is 0 Å². The Morgan fingerprint density at radius 3 is 2.11 bits per heavy atom. The number of hydrogen-bond acceptors (Lipinski definition) is 0. The maximum absolute atomic E-state index is 5.72. The molecule has 1 unspecified atom stereocenters. The molecule has 1 aromatic rings. The van der Waals surface area contributed by atoms with Crippen molar-refractivity contribution >= 4 is 26.3 Å². The van der Waals surface area contributed by atoms with Gasteiger partial charge in [-0.15, -0.1) is 0 Å². The molecule has 9 heavy (non-hydrogen) atoms. The summed E-state index contributed by atoms with van der Waals surface area (Å²) in [5.74, 6) is 3.70. The van der Waals surface area contributed by atoms with E-state index in [0.717, 1.165) is 4.90 Å². The van der Waals surface area contributed by atoms with E-state index in [1.807, 2.05) is 30.3 Å². The van der Waals surface area contributed by atoms with Crippen molar-refractivity contribution in [2.75, 3.05) is 0 Å². The second kappa shape index (κ2) is 3.04. The van der Waals surface area contributed by atoms with Crippen molar-refractivity contribution in [3.63, 3.8) is 0 Å². The molecule has 0 spiro atoms. The predicted molar refractivity (Wildman–Crippen MR) is 45.3 cm³/mol. The van der Waals surface area contributed by atoms with Crippen molar-refractivity contribution in [1.82, 2.24) is 0 Å². The van der Waals surface area contributed by atoms with Crippen LogP contribution in [0.25, 0.3) is 0 Å². The van der Waals surface area contributed by atoms with Gasteiger partial charge in [-0.2, -0.15) is 0 Å². The Morgan fingerprint density at radius 1 is 1.22 bits per heavy atom. The van der Waals surface area contributed by atoms with E-state index in [9.17, 15) is 0 Å². The summed E-state index contributed by atoms with van der Waals surface area (Å²) in [6.45, 7) is 0. The maximum atomic E-state index is 5.72. The number of hydrogen-bond donors (Lipinski definition) is 0. The first-order valence-corrected chi connectivity index (χ1v) is 4.78. The molecule has 0 radical (unpaired) electrons. The van der Waals surface area contributed by atoms with Gasteiger partial charge in [0.15, 0.2) is 0 Å². The summed E-state index contributed by atoms with van der Waals surface area (Å²) in [6.07, 6.45) is 0. The van der Waals surface area contributed by atoms with Crippen LogP contribution in [0.1, 0.15) is 0 Å². The first-order chi connectivity index (χ1) is 4.30. The minimum Gasteiger partial charge on any atom is -0.0703 e. The molecule has 0 aromatic heterocycles.